The average Bonchev–Trinajstić information content (AvgIpc) is 2.77. The highest BCUT2D eigenvalue weighted by molar-refractivity contribution is 6.30. The van der Waals surface area contributed by atoms with Gasteiger partial charge in [0.2, 0.25) is 0 Å². The highest BCUT2D eigenvalue weighted by atomic mass is 35.5. The Hall–Kier alpha value is -1.43. The topological polar surface area (TPSA) is 55.9 Å². The van der Waals surface area contributed by atoms with Gasteiger partial charge in [0.05, 0.1) is 16.8 Å². The number of hydrogen-bond acceptors (Lipinski definition) is 3. The van der Waals surface area contributed by atoms with Gasteiger partial charge in [-0.3, -0.25) is 16.0 Å². The molecule has 1 aromatic carbocycles. The Morgan fingerprint density at radius 1 is 1.50 bits per heavy atom. The second kappa shape index (κ2) is 5.48. The predicted octanol–water partition coefficient (Wildman–Crippen LogP) is 1.96. The number of benzene rings is 1. The highest BCUT2D eigenvalue weighted by Gasteiger charge is 2.14. The van der Waals surface area contributed by atoms with Gasteiger partial charge in [0.15, 0.2) is 0 Å². The minimum atomic E-state index is -0.421. The van der Waals surface area contributed by atoms with Crippen LogP contribution in [0.25, 0.3) is 0 Å². The SMILES string of the molecule is Cn1ccc(C(Cc2ccc(F)c(Cl)c2)NN)n1. The van der Waals surface area contributed by atoms with Gasteiger partial charge in [-0.1, -0.05) is 17.7 Å². The molecule has 0 radical (unpaired) electrons. The first-order valence-electron chi connectivity index (χ1n) is 5.49. The summed E-state index contributed by atoms with van der Waals surface area (Å²) in [6.07, 6.45) is 2.44. The summed E-state index contributed by atoms with van der Waals surface area (Å²) in [6, 6.07) is 6.39. The Labute approximate surface area is 110 Å². The monoisotopic (exact) mass is 268 g/mol. The highest BCUT2D eigenvalue weighted by Crippen LogP contribution is 2.20. The standard InChI is InChI=1S/C12H14ClFN4/c1-18-5-4-11(17-18)12(16-15)7-8-2-3-10(14)9(13)6-8/h2-6,12,16H,7,15H2,1H3. The van der Waals surface area contributed by atoms with E-state index in [1.54, 1.807) is 16.8 Å². The van der Waals surface area contributed by atoms with Crippen molar-refractivity contribution in [2.75, 3.05) is 0 Å². The lowest BCUT2D eigenvalue weighted by molar-refractivity contribution is 0.528. The first-order chi connectivity index (χ1) is 8.60. The molecule has 1 heterocycles. The summed E-state index contributed by atoms with van der Waals surface area (Å²) >= 11 is 5.74. The predicted molar refractivity (Wildman–Crippen MR) is 68.4 cm³/mol. The summed E-state index contributed by atoms with van der Waals surface area (Å²) in [5, 5.41) is 4.40. The maximum atomic E-state index is 13.1. The van der Waals surface area contributed by atoms with Gasteiger partial charge in [-0.2, -0.15) is 5.10 Å². The van der Waals surface area contributed by atoms with Crippen LogP contribution in [0.2, 0.25) is 5.02 Å². The van der Waals surface area contributed by atoms with Gasteiger partial charge in [-0.05, 0) is 30.2 Å². The van der Waals surface area contributed by atoms with Gasteiger partial charge < -0.3 is 0 Å². The van der Waals surface area contributed by atoms with Gasteiger partial charge >= 0.3 is 0 Å². The van der Waals surface area contributed by atoms with Crippen molar-refractivity contribution in [3.8, 4) is 0 Å². The molecule has 0 fully saturated rings. The molecule has 3 N–H and O–H groups in total. The third kappa shape index (κ3) is 2.87. The number of rotatable bonds is 4. The zero-order valence-electron chi connectivity index (χ0n) is 9.90. The van der Waals surface area contributed by atoms with Crippen LogP contribution >= 0.6 is 11.6 Å². The van der Waals surface area contributed by atoms with Crippen molar-refractivity contribution in [2.45, 2.75) is 12.5 Å². The molecular formula is C12H14ClFN4. The lowest BCUT2D eigenvalue weighted by Crippen LogP contribution is -2.30. The zero-order chi connectivity index (χ0) is 13.1. The summed E-state index contributed by atoms with van der Waals surface area (Å²) in [5.74, 6) is 5.10. The molecule has 6 heteroatoms. The van der Waals surface area contributed by atoms with E-state index in [0.29, 0.717) is 6.42 Å². The van der Waals surface area contributed by atoms with Gasteiger partial charge in [0.25, 0.3) is 0 Å². The molecule has 0 aliphatic heterocycles. The van der Waals surface area contributed by atoms with E-state index >= 15 is 0 Å². The number of aromatic nitrogens is 2. The number of hydrogen-bond donors (Lipinski definition) is 2. The molecule has 0 bridgehead atoms. The quantitative estimate of drug-likeness (QED) is 0.658. The molecule has 18 heavy (non-hydrogen) atoms. The molecule has 2 rings (SSSR count). The van der Waals surface area contributed by atoms with E-state index in [-0.39, 0.29) is 11.1 Å². The van der Waals surface area contributed by atoms with Crippen LogP contribution in [0.15, 0.2) is 30.5 Å². The van der Waals surface area contributed by atoms with Crippen molar-refractivity contribution < 1.29 is 4.39 Å². The fraction of sp³-hybridized carbons (Fsp3) is 0.250. The molecule has 2 aromatic rings. The third-order valence-electron chi connectivity index (χ3n) is 2.72. The van der Waals surface area contributed by atoms with E-state index in [1.165, 1.54) is 6.07 Å². The van der Waals surface area contributed by atoms with E-state index in [0.717, 1.165) is 11.3 Å². The van der Waals surface area contributed by atoms with Crippen molar-refractivity contribution >= 4 is 11.6 Å². The number of nitrogens with one attached hydrogen (secondary N) is 1. The smallest absolute Gasteiger partial charge is 0.141 e. The van der Waals surface area contributed by atoms with Crippen LogP contribution in [0.4, 0.5) is 4.39 Å². The maximum Gasteiger partial charge on any atom is 0.141 e. The van der Waals surface area contributed by atoms with Crippen molar-refractivity contribution in [3.05, 3.63) is 52.6 Å². The van der Waals surface area contributed by atoms with Gasteiger partial charge in [0.1, 0.15) is 5.82 Å². The molecular weight excluding hydrogens is 255 g/mol. The fourth-order valence-corrected chi connectivity index (χ4v) is 1.97. The second-order valence-electron chi connectivity index (χ2n) is 4.09. The van der Waals surface area contributed by atoms with Crippen molar-refractivity contribution in [3.63, 3.8) is 0 Å². The van der Waals surface area contributed by atoms with E-state index in [2.05, 4.69) is 10.5 Å². The Kier molecular flexibility index (Phi) is 3.96. The van der Waals surface area contributed by atoms with Gasteiger partial charge in [-0.25, -0.2) is 4.39 Å². The molecule has 0 amide bonds. The third-order valence-corrected chi connectivity index (χ3v) is 3.01. The van der Waals surface area contributed by atoms with Crippen molar-refractivity contribution in [1.29, 1.82) is 0 Å². The average molecular weight is 269 g/mol. The van der Waals surface area contributed by atoms with Crippen molar-refractivity contribution in [1.82, 2.24) is 15.2 Å². The Bertz CT molecular complexity index is 541. The van der Waals surface area contributed by atoms with Crippen LogP contribution in [0.3, 0.4) is 0 Å². The lowest BCUT2D eigenvalue weighted by atomic mass is 10.0. The molecule has 0 aliphatic carbocycles. The summed E-state index contributed by atoms with van der Waals surface area (Å²) in [7, 11) is 1.84. The lowest BCUT2D eigenvalue weighted by Gasteiger charge is -2.13. The van der Waals surface area contributed by atoms with Crippen LogP contribution in [0.1, 0.15) is 17.3 Å². The van der Waals surface area contributed by atoms with Crippen LogP contribution in [0.5, 0.6) is 0 Å². The molecule has 4 nitrogen and oxygen atoms in total. The van der Waals surface area contributed by atoms with Crippen molar-refractivity contribution in [2.24, 2.45) is 12.9 Å². The molecule has 0 spiro atoms. The molecule has 1 unspecified atom stereocenters. The first-order valence-corrected chi connectivity index (χ1v) is 5.87. The number of halogens is 2. The molecule has 96 valence electrons. The summed E-state index contributed by atoms with van der Waals surface area (Å²) < 4.78 is 14.8. The molecule has 0 saturated carbocycles. The molecule has 0 aliphatic rings. The van der Waals surface area contributed by atoms with E-state index in [1.807, 2.05) is 19.3 Å². The summed E-state index contributed by atoms with van der Waals surface area (Å²) in [4.78, 5) is 0. The van der Waals surface area contributed by atoms with Gasteiger partial charge in [-0.15, -0.1) is 0 Å². The Morgan fingerprint density at radius 2 is 2.28 bits per heavy atom. The van der Waals surface area contributed by atoms with E-state index in [9.17, 15) is 4.39 Å². The van der Waals surface area contributed by atoms with E-state index in [4.69, 9.17) is 17.4 Å². The zero-order valence-corrected chi connectivity index (χ0v) is 10.7. The minimum absolute atomic E-state index is 0.115. The number of aryl methyl sites for hydroxylation is 1. The summed E-state index contributed by atoms with van der Waals surface area (Å²) in [5.41, 5.74) is 4.43. The van der Waals surface area contributed by atoms with Gasteiger partial charge in [0, 0.05) is 13.2 Å². The molecule has 1 atom stereocenters. The number of nitrogens with two attached hydrogens (primary N) is 1. The Balaban J connectivity index is 2.17. The van der Waals surface area contributed by atoms with E-state index < -0.39 is 5.82 Å². The Morgan fingerprint density at radius 3 is 2.83 bits per heavy atom. The number of hydrazine groups is 1. The largest absolute Gasteiger partial charge is 0.275 e. The normalized spacial score (nSPS) is 12.7. The first kappa shape index (κ1) is 13.0. The summed E-state index contributed by atoms with van der Waals surface area (Å²) in [6.45, 7) is 0. The van der Waals surface area contributed by atoms with Crippen LogP contribution in [0, 0.1) is 5.82 Å². The van der Waals surface area contributed by atoms with Crippen LogP contribution in [-0.4, -0.2) is 9.78 Å². The fourth-order valence-electron chi connectivity index (χ4n) is 1.77. The van der Waals surface area contributed by atoms with Crippen LogP contribution in [-0.2, 0) is 13.5 Å². The molecule has 0 saturated heterocycles. The van der Waals surface area contributed by atoms with Crippen LogP contribution < -0.4 is 11.3 Å². The minimum Gasteiger partial charge on any atom is -0.275 e. The number of nitrogens with zero attached hydrogens (tertiary/aromatic N) is 2. The molecule has 1 aromatic heterocycles. The second-order valence-corrected chi connectivity index (χ2v) is 4.49. The maximum absolute atomic E-state index is 13.1.